The van der Waals surface area contributed by atoms with Crippen molar-refractivity contribution in [3.05, 3.63) is 64.8 Å². The first-order valence-electron chi connectivity index (χ1n) is 8.59. The fourth-order valence-electron chi connectivity index (χ4n) is 3.41. The van der Waals surface area contributed by atoms with Gasteiger partial charge in [-0.25, -0.2) is 12.4 Å². The van der Waals surface area contributed by atoms with Crippen molar-refractivity contribution in [3.63, 3.8) is 0 Å². The number of nitrogens with zero attached hydrogens (tertiary/aromatic N) is 2. The number of halogens is 1. The van der Waals surface area contributed by atoms with E-state index in [1.165, 1.54) is 3.97 Å². The topological polar surface area (TPSA) is 54.3 Å². The van der Waals surface area contributed by atoms with Crippen LogP contribution < -0.4 is 5.32 Å². The molecule has 1 fully saturated rings. The number of benzene rings is 2. The molecule has 0 amide bonds. The lowest BCUT2D eigenvalue weighted by Gasteiger charge is -2.26. The summed E-state index contributed by atoms with van der Waals surface area (Å²) >= 11 is 3.37. The molecule has 1 aliphatic rings. The normalized spacial score (nSPS) is 16.2. The molecule has 2 heterocycles. The third-order valence-corrected chi connectivity index (χ3v) is 7.42. The summed E-state index contributed by atoms with van der Waals surface area (Å²) < 4.78 is 28.6. The van der Waals surface area contributed by atoms with Gasteiger partial charge in [-0.1, -0.05) is 30.3 Å². The Balaban J connectivity index is 1.82. The van der Waals surface area contributed by atoms with Gasteiger partial charge in [0.1, 0.15) is 4.90 Å². The maximum absolute atomic E-state index is 13.3. The highest BCUT2D eigenvalue weighted by Crippen LogP contribution is 2.29. The molecule has 0 unspecified atom stereocenters. The van der Waals surface area contributed by atoms with Crippen LogP contribution in [0.4, 0.5) is 0 Å². The molecule has 0 atom stereocenters. The van der Waals surface area contributed by atoms with Gasteiger partial charge in [0.15, 0.2) is 0 Å². The molecule has 136 valence electrons. The average molecular weight is 434 g/mol. The lowest BCUT2D eigenvalue weighted by atomic mass is 10.1. The van der Waals surface area contributed by atoms with Gasteiger partial charge in [0.2, 0.25) is 0 Å². The molecule has 5 nitrogen and oxygen atoms in total. The molecule has 1 aliphatic heterocycles. The van der Waals surface area contributed by atoms with Crippen LogP contribution in [0.15, 0.2) is 64.1 Å². The van der Waals surface area contributed by atoms with E-state index in [1.807, 2.05) is 30.3 Å². The second-order valence-electron chi connectivity index (χ2n) is 6.43. The third-order valence-electron chi connectivity index (χ3n) is 4.74. The van der Waals surface area contributed by atoms with Gasteiger partial charge in [-0.2, -0.15) is 0 Å². The Labute approximate surface area is 161 Å². The van der Waals surface area contributed by atoms with E-state index in [4.69, 9.17) is 0 Å². The molecule has 1 aromatic heterocycles. The Hall–Kier alpha value is -1.67. The van der Waals surface area contributed by atoms with Crippen LogP contribution in [0.25, 0.3) is 10.9 Å². The second-order valence-corrected chi connectivity index (χ2v) is 9.07. The zero-order valence-corrected chi connectivity index (χ0v) is 16.6. The largest absolute Gasteiger partial charge is 0.314 e. The fraction of sp³-hybridized carbons (Fsp3) is 0.263. The summed E-state index contributed by atoms with van der Waals surface area (Å²) in [6.45, 7) is 4.62. The minimum Gasteiger partial charge on any atom is -0.314 e. The first-order chi connectivity index (χ1) is 12.6. The summed E-state index contributed by atoms with van der Waals surface area (Å²) in [6, 6.07) is 14.6. The summed E-state index contributed by atoms with van der Waals surface area (Å²) in [5.74, 6) is 0. The Morgan fingerprint density at radius 2 is 1.69 bits per heavy atom. The third kappa shape index (κ3) is 3.20. The van der Waals surface area contributed by atoms with Crippen molar-refractivity contribution in [1.82, 2.24) is 14.2 Å². The molecule has 0 saturated carbocycles. The van der Waals surface area contributed by atoms with E-state index >= 15 is 0 Å². The van der Waals surface area contributed by atoms with Crippen molar-refractivity contribution in [1.29, 1.82) is 0 Å². The highest BCUT2D eigenvalue weighted by molar-refractivity contribution is 9.10. The lowest BCUT2D eigenvalue weighted by molar-refractivity contribution is 0.234. The maximum atomic E-state index is 13.3. The van der Waals surface area contributed by atoms with Crippen LogP contribution in [0, 0.1) is 0 Å². The van der Waals surface area contributed by atoms with Crippen molar-refractivity contribution < 1.29 is 8.42 Å². The van der Waals surface area contributed by atoms with Gasteiger partial charge in [0.25, 0.3) is 10.0 Å². The number of aromatic nitrogens is 1. The Bertz CT molecular complexity index is 1040. The van der Waals surface area contributed by atoms with Crippen LogP contribution in [0.2, 0.25) is 0 Å². The number of rotatable bonds is 4. The van der Waals surface area contributed by atoms with Crippen LogP contribution in [0.1, 0.15) is 5.56 Å². The molecule has 0 aliphatic carbocycles. The van der Waals surface area contributed by atoms with E-state index in [-0.39, 0.29) is 4.90 Å². The van der Waals surface area contributed by atoms with Crippen LogP contribution >= 0.6 is 15.9 Å². The standard InChI is InChI=1S/C19H20BrN3O2S/c20-17-6-2-4-8-19(17)26(24,25)23-14-15(13-22-11-9-21-10-12-22)16-5-1-3-7-18(16)23/h1-8,14,21H,9-13H2. The molecule has 4 rings (SSSR count). The van der Waals surface area contributed by atoms with Crippen molar-refractivity contribution in [2.75, 3.05) is 26.2 Å². The van der Waals surface area contributed by atoms with E-state index in [9.17, 15) is 8.42 Å². The van der Waals surface area contributed by atoms with Gasteiger partial charge in [-0.15, -0.1) is 0 Å². The van der Waals surface area contributed by atoms with Crippen LogP contribution in [-0.4, -0.2) is 43.5 Å². The molecule has 2 aromatic carbocycles. The predicted molar refractivity (Wildman–Crippen MR) is 107 cm³/mol. The van der Waals surface area contributed by atoms with Crippen molar-refractivity contribution in [3.8, 4) is 0 Å². The van der Waals surface area contributed by atoms with Gasteiger partial charge < -0.3 is 5.32 Å². The van der Waals surface area contributed by atoms with Gasteiger partial charge in [0, 0.05) is 48.8 Å². The minimum absolute atomic E-state index is 0.273. The van der Waals surface area contributed by atoms with E-state index in [0.29, 0.717) is 9.99 Å². The molecular formula is C19H20BrN3O2S. The summed E-state index contributed by atoms with van der Waals surface area (Å²) in [7, 11) is -3.68. The first kappa shape index (κ1) is 17.7. The Kier molecular flexibility index (Phi) is 4.88. The Morgan fingerprint density at radius 3 is 2.46 bits per heavy atom. The first-order valence-corrected chi connectivity index (χ1v) is 10.8. The molecule has 3 aromatic rings. The molecule has 1 saturated heterocycles. The zero-order chi connectivity index (χ0) is 18.1. The molecular weight excluding hydrogens is 414 g/mol. The SMILES string of the molecule is O=S(=O)(c1ccccc1Br)n1cc(CN2CCNCC2)c2ccccc21. The van der Waals surface area contributed by atoms with Gasteiger partial charge in [0.05, 0.1) is 5.52 Å². The van der Waals surface area contributed by atoms with E-state index in [1.54, 1.807) is 24.4 Å². The molecule has 1 N–H and O–H groups in total. The van der Waals surface area contributed by atoms with E-state index < -0.39 is 10.0 Å². The van der Waals surface area contributed by atoms with Crippen molar-refractivity contribution in [2.45, 2.75) is 11.4 Å². The predicted octanol–water partition coefficient (Wildman–Crippen LogP) is 3.05. The van der Waals surface area contributed by atoms with Gasteiger partial charge >= 0.3 is 0 Å². The molecule has 26 heavy (non-hydrogen) atoms. The Morgan fingerprint density at radius 1 is 1.00 bits per heavy atom. The number of piperazine rings is 1. The summed E-state index contributed by atoms with van der Waals surface area (Å²) in [4.78, 5) is 2.63. The van der Waals surface area contributed by atoms with Crippen LogP contribution in [-0.2, 0) is 16.6 Å². The van der Waals surface area contributed by atoms with Crippen LogP contribution in [0.3, 0.4) is 0 Å². The van der Waals surface area contributed by atoms with Crippen LogP contribution in [0.5, 0.6) is 0 Å². The number of para-hydroxylation sites is 1. The number of nitrogens with one attached hydrogen (secondary N) is 1. The van der Waals surface area contributed by atoms with E-state index in [0.717, 1.165) is 43.7 Å². The maximum Gasteiger partial charge on any atom is 0.269 e. The van der Waals surface area contributed by atoms with Gasteiger partial charge in [-0.05, 0) is 39.7 Å². The number of hydrogen-bond donors (Lipinski definition) is 1. The van der Waals surface area contributed by atoms with Gasteiger partial charge in [-0.3, -0.25) is 4.90 Å². The highest BCUT2D eigenvalue weighted by atomic mass is 79.9. The van der Waals surface area contributed by atoms with Crippen molar-refractivity contribution in [2.24, 2.45) is 0 Å². The minimum atomic E-state index is -3.68. The zero-order valence-electron chi connectivity index (χ0n) is 14.2. The fourth-order valence-corrected chi connectivity index (χ4v) is 5.77. The summed E-state index contributed by atoms with van der Waals surface area (Å²) in [5.41, 5.74) is 1.76. The van der Waals surface area contributed by atoms with E-state index in [2.05, 4.69) is 26.1 Å². The lowest BCUT2D eigenvalue weighted by Crippen LogP contribution is -2.42. The summed E-state index contributed by atoms with van der Waals surface area (Å²) in [5, 5.41) is 4.33. The molecule has 0 radical (unpaired) electrons. The average Bonchev–Trinajstić information content (AvgIpc) is 3.02. The number of fused-ring (bicyclic) bond motifs is 1. The monoisotopic (exact) mass is 433 g/mol. The highest BCUT2D eigenvalue weighted by Gasteiger charge is 2.24. The molecule has 7 heteroatoms. The van der Waals surface area contributed by atoms with Crippen molar-refractivity contribution >= 4 is 36.9 Å². The quantitative estimate of drug-likeness (QED) is 0.686. The number of hydrogen-bond acceptors (Lipinski definition) is 4. The smallest absolute Gasteiger partial charge is 0.269 e. The summed E-state index contributed by atoms with van der Waals surface area (Å²) in [6.07, 6.45) is 1.78. The molecule has 0 bridgehead atoms. The second kappa shape index (κ2) is 7.15. The molecule has 0 spiro atoms.